The number of benzene rings is 2. The number of hydrogen-bond acceptors (Lipinski definition) is 4. The molecule has 0 aliphatic rings. The Morgan fingerprint density at radius 2 is 1.83 bits per heavy atom. The largest absolute Gasteiger partial charge is 0.422 e. The number of aryl methyl sites for hydroxylation is 2. The molecule has 0 atom stereocenters. The van der Waals surface area contributed by atoms with E-state index in [4.69, 9.17) is 5.11 Å². The van der Waals surface area contributed by atoms with Crippen LogP contribution in [0.4, 0.5) is 17.3 Å². The van der Waals surface area contributed by atoms with Crippen molar-refractivity contribution in [3.63, 3.8) is 0 Å². The minimum Gasteiger partial charge on any atom is -0.395 e. The van der Waals surface area contributed by atoms with E-state index in [9.17, 15) is 0 Å². The maximum absolute atomic E-state index is 8.80. The molecule has 2 aromatic carbocycles. The highest BCUT2D eigenvalue weighted by Crippen LogP contribution is 2.21. The summed E-state index contributed by atoms with van der Waals surface area (Å²) in [5, 5.41) is 20.6. The second-order valence-corrected chi connectivity index (χ2v) is 5.30. The van der Waals surface area contributed by atoms with Crippen molar-refractivity contribution in [2.24, 2.45) is 24.3 Å². The molecule has 0 aliphatic heterocycles. The molecule has 1 heterocycles. The summed E-state index contributed by atoms with van der Waals surface area (Å²) < 4.78 is 4.05. The Hall–Kier alpha value is -2.73. The van der Waals surface area contributed by atoms with E-state index in [1.165, 1.54) is 0 Å². The van der Waals surface area contributed by atoms with Gasteiger partial charge in [-0.15, -0.1) is 0 Å². The molecule has 2 N–H and O–H groups in total. The van der Waals surface area contributed by atoms with Gasteiger partial charge < -0.3 is 10.4 Å². The van der Waals surface area contributed by atoms with Crippen LogP contribution in [0.1, 0.15) is 0 Å². The zero-order valence-electron chi connectivity index (χ0n) is 13.3. The highest BCUT2D eigenvalue weighted by molar-refractivity contribution is 5.73. The van der Waals surface area contributed by atoms with E-state index in [1.807, 2.05) is 59.6 Å². The molecule has 118 valence electrons. The normalized spacial score (nSPS) is 11.4. The van der Waals surface area contributed by atoms with Crippen molar-refractivity contribution in [3.05, 3.63) is 48.5 Å². The molecule has 0 radical (unpaired) electrons. The lowest BCUT2D eigenvalue weighted by atomic mass is 10.3. The average Bonchev–Trinajstić information content (AvgIpc) is 2.84. The van der Waals surface area contributed by atoms with Crippen LogP contribution in [0, 0.1) is 0 Å². The van der Waals surface area contributed by atoms with Crippen molar-refractivity contribution in [1.82, 2.24) is 4.57 Å². The third-order valence-corrected chi connectivity index (χ3v) is 3.77. The zero-order chi connectivity index (χ0) is 16.2. The first-order valence-corrected chi connectivity index (χ1v) is 7.50. The van der Waals surface area contributed by atoms with Gasteiger partial charge in [-0.3, -0.25) is 0 Å². The van der Waals surface area contributed by atoms with E-state index in [-0.39, 0.29) is 6.61 Å². The third-order valence-electron chi connectivity index (χ3n) is 3.77. The predicted octanol–water partition coefficient (Wildman–Crippen LogP) is 2.82. The van der Waals surface area contributed by atoms with Crippen LogP contribution in [0.5, 0.6) is 0 Å². The van der Waals surface area contributed by atoms with E-state index >= 15 is 0 Å². The first-order chi connectivity index (χ1) is 11.2. The molecule has 23 heavy (non-hydrogen) atoms. The molecular weight excluding hydrogens is 290 g/mol. The van der Waals surface area contributed by atoms with Crippen LogP contribution in [0.25, 0.3) is 11.0 Å². The van der Waals surface area contributed by atoms with Gasteiger partial charge in [-0.1, -0.05) is 17.2 Å². The monoisotopic (exact) mass is 310 g/mol. The summed E-state index contributed by atoms with van der Waals surface area (Å²) in [5.41, 5.74) is 3.97. The lowest BCUT2D eigenvalue weighted by molar-refractivity contribution is -0.632. The number of anilines is 1. The Morgan fingerprint density at radius 3 is 2.52 bits per heavy atom. The number of hydrogen-bond donors (Lipinski definition) is 2. The first kappa shape index (κ1) is 15.2. The van der Waals surface area contributed by atoms with Gasteiger partial charge in [0.25, 0.3) is 0 Å². The van der Waals surface area contributed by atoms with Gasteiger partial charge >= 0.3 is 5.95 Å². The van der Waals surface area contributed by atoms with Crippen LogP contribution < -0.4 is 9.88 Å². The fraction of sp³-hybridized carbons (Fsp3) is 0.235. The number of para-hydroxylation sites is 2. The molecule has 6 nitrogen and oxygen atoms in total. The molecule has 0 bridgehead atoms. The van der Waals surface area contributed by atoms with Crippen LogP contribution >= 0.6 is 0 Å². The maximum Gasteiger partial charge on any atom is 0.422 e. The molecule has 0 saturated carbocycles. The van der Waals surface area contributed by atoms with Gasteiger partial charge in [0.15, 0.2) is 0 Å². The second-order valence-electron chi connectivity index (χ2n) is 5.30. The second kappa shape index (κ2) is 6.58. The molecule has 0 amide bonds. The van der Waals surface area contributed by atoms with E-state index in [0.29, 0.717) is 6.54 Å². The molecule has 6 heteroatoms. The molecule has 0 spiro atoms. The van der Waals surface area contributed by atoms with E-state index in [1.54, 1.807) is 0 Å². The van der Waals surface area contributed by atoms with Crippen molar-refractivity contribution >= 4 is 28.4 Å². The number of nitrogens with zero attached hydrogens (tertiary/aromatic N) is 4. The Kier molecular flexibility index (Phi) is 4.34. The number of aliphatic hydroxyl groups is 1. The quantitative estimate of drug-likeness (QED) is 0.562. The number of nitrogens with one attached hydrogen (secondary N) is 1. The van der Waals surface area contributed by atoms with Gasteiger partial charge in [0.1, 0.15) is 16.7 Å². The molecule has 3 rings (SSSR count). The van der Waals surface area contributed by atoms with Gasteiger partial charge in [0, 0.05) is 17.3 Å². The van der Waals surface area contributed by atoms with Crippen LogP contribution in [0.2, 0.25) is 0 Å². The van der Waals surface area contributed by atoms with Crippen LogP contribution in [0.3, 0.4) is 0 Å². The standard InChI is InChI=1S/C17H19N5O/c1-21-15-5-3-4-6-16(15)22(2)17(21)20-19-14-9-7-13(8-10-14)18-11-12-23/h3-10,23H,11-12H2,1-2H3/p+1. The Labute approximate surface area is 134 Å². The predicted molar refractivity (Wildman–Crippen MR) is 90.3 cm³/mol. The van der Waals surface area contributed by atoms with Crippen molar-refractivity contribution in [2.45, 2.75) is 0 Å². The molecule has 0 aliphatic carbocycles. The summed E-state index contributed by atoms with van der Waals surface area (Å²) in [6.45, 7) is 0.644. The summed E-state index contributed by atoms with van der Waals surface area (Å²) in [5.74, 6) is 0.786. The summed E-state index contributed by atoms with van der Waals surface area (Å²) in [6, 6.07) is 15.8. The fourth-order valence-electron chi connectivity index (χ4n) is 2.55. The van der Waals surface area contributed by atoms with Crippen molar-refractivity contribution in [3.8, 4) is 0 Å². The SMILES string of the molecule is Cn1c(N=Nc2ccc(NCCO)cc2)[n+](C)c2ccccc21. The van der Waals surface area contributed by atoms with Gasteiger partial charge in [0.2, 0.25) is 0 Å². The summed E-state index contributed by atoms with van der Waals surface area (Å²) in [7, 11) is 3.97. The van der Waals surface area contributed by atoms with Gasteiger partial charge in [-0.25, -0.2) is 9.13 Å². The van der Waals surface area contributed by atoms with E-state index in [0.717, 1.165) is 28.4 Å². The van der Waals surface area contributed by atoms with Crippen molar-refractivity contribution < 1.29 is 9.67 Å². The summed E-state index contributed by atoms with van der Waals surface area (Å²) in [4.78, 5) is 0. The molecule has 3 aromatic rings. The van der Waals surface area contributed by atoms with E-state index in [2.05, 4.69) is 27.7 Å². The summed E-state index contributed by atoms with van der Waals surface area (Å²) >= 11 is 0. The number of rotatable bonds is 5. The van der Waals surface area contributed by atoms with Crippen molar-refractivity contribution in [1.29, 1.82) is 0 Å². The van der Waals surface area contributed by atoms with Crippen LogP contribution in [-0.4, -0.2) is 22.8 Å². The Bertz CT molecular complexity index is 797. The van der Waals surface area contributed by atoms with Crippen LogP contribution in [-0.2, 0) is 14.1 Å². The number of azo groups is 1. The number of imidazole rings is 1. The number of aliphatic hydroxyl groups excluding tert-OH is 1. The average molecular weight is 310 g/mol. The molecular formula is C17H20N5O+. The van der Waals surface area contributed by atoms with Gasteiger partial charge in [0.05, 0.1) is 20.7 Å². The molecule has 0 unspecified atom stereocenters. The molecule has 1 aromatic heterocycles. The highest BCUT2D eigenvalue weighted by Gasteiger charge is 2.18. The lowest BCUT2D eigenvalue weighted by Crippen LogP contribution is -2.26. The van der Waals surface area contributed by atoms with Crippen molar-refractivity contribution in [2.75, 3.05) is 18.5 Å². The zero-order valence-corrected chi connectivity index (χ0v) is 13.3. The van der Waals surface area contributed by atoms with Gasteiger partial charge in [-0.2, -0.15) is 0 Å². The molecule has 0 fully saturated rings. The Morgan fingerprint density at radius 1 is 1.09 bits per heavy atom. The minimum absolute atomic E-state index is 0.110. The van der Waals surface area contributed by atoms with Crippen LogP contribution in [0.15, 0.2) is 58.8 Å². The summed E-state index contributed by atoms with van der Waals surface area (Å²) in [6.07, 6.45) is 0. The topological polar surface area (TPSA) is 65.8 Å². The number of aromatic nitrogens is 2. The highest BCUT2D eigenvalue weighted by atomic mass is 16.3. The fourth-order valence-corrected chi connectivity index (χ4v) is 2.55. The van der Waals surface area contributed by atoms with E-state index < -0.39 is 0 Å². The first-order valence-electron chi connectivity index (χ1n) is 7.50. The third kappa shape index (κ3) is 3.07. The minimum atomic E-state index is 0.110. The maximum atomic E-state index is 8.80. The van der Waals surface area contributed by atoms with Gasteiger partial charge in [-0.05, 0) is 36.4 Å². The lowest BCUT2D eigenvalue weighted by Gasteiger charge is -2.02. The molecule has 0 saturated heterocycles. The Balaban J connectivity index is 1.85. The number of fused-ring (bicyclic) bond motifs is 1. The smallest absolute Gasteiger partial charge is 0.395 e.